The van der Waals surface area contributed by atoms with E-state index in [1.807, 2.05) is 36.9 Å². The minimum atomic E-state index is 0.0327. The third-order valence-electron chi connectivity index (χ3n) is 5.80. The van der Waals surface area contributed by atoms with Crippen molar-refractivity contribution in [2.24, 2.45) is 0 Å². The van der Waals surface area contributed by atoms with E-state index in [0.717, 1.165) is 39.2 Å². The van der Waals surface area contributed by atoms with Gasteiger partial charge in [-0.1, -0.05) is 23.8 Å². The van der Waals surface area contributed by atoms with Crippen LogP contribution in [0.5, 0.6) is 0 Å². The molecule has 3 heterocycles. The first-order chi connectivity index (χ1) is 14.8. The Bertz CT molecular complexity index is 1220. The summed E-state index contributed by atoms with van der Waals surface area (Å²) in [6, 6.07) is 12.4. The highest BCUT2D eigenvalue weighted by atomic mass is 32.1. The van der Waals surface area contributed by atoms with Gasteiger partial charge in [0.05, 0.1) is 17.4 Å². The number of pyridine rings is 1. The number of fused-ring (bicyclic) bond motifs is 1. The third kappa shape index (κ3) is 4.26. The number of nitrogens with one attached hydrogen (secondary N) is 1. The molecule has 31 heavy (non-hydrogen) atoms. The lowest BCUT2D eigenvalue weighted by atomic mass is 9.99. The van der Waals surface area contributed by atoms with Crippen LogP contribution in [0.15, 0.2) is 41.8 Å². The lowest BCUT2D eigenvalue weighted by molar-refractivity contribution is -0.121. The highest BCUT2D eigenvalue weighted by Gasteiger charge is 2.18. The van der Waals surface area contributed by atoms with Gasteiger partial charge in [-0.2, -0.15) is 5.10 Å². The summed E-state index contributed by atoms with van der Waals surface area (Å²) < 4.78 is 1.92. The third-order valence-corrected chi connectivity index (χ3v) is 6.86. The van der Waals surface area contributed by atoms with Gasteiger partial charge >= 0.3 is 0 Å². The number of carbonyl (C=O) groups is 1. The number of aromatic nitrogens is 3. The fourth-order valence-corrected chi connectivity index (χ4v) is 4.84. The number of aryl methyl sites for hydroxylation is 4. The van der Waals surface area contributed by atoms with Crippen molar-refractivity contribution in [2.75, 3.05) is 0 Å². The first kappa shape index (κ1) is 21.2. The van der Waals surface area contributed by atoms with E-state index >= 15 is 0 Å². The van der Waals surface area contributed by atoms with Crippen molar-refractivity contribution >= 4 is 28.3 Å². The Kier molecular flexibility index (Phi) is 5.92. The van der Waals surface area contributed by atoms with Gasteiger partial charge < -0.3 is 5.32 Å². The number of carbonyl (C=O) groups excluding carboxylic acids is 1. The second-order valence-corrected chi connectivity index (χ2v) is 9.12. The molecule has 0 aliphatic heterocycles. The van der Waals surface area contributed by atoms with Crippen molar-refractivity contribution < 1.29 is 4.79 Å². The molecule has 1 atom stereocenters. The maximum atomic E-state index is 12.5. The molecule has 0 fully saturated rings. The van der Waals surface area contributed by atoms with E-state index in [4.69, 9.17) is 10.1 Å². The van der Waals surface area contributed by atoms with Gasteiger partial charge in [0.1, 0.15) is 0 Å². The molecule has 6 heteroatoms. The smallest absolute Gasteiger partial charge is 0.220 e. The number of benzene rings is 1. The molecule has 0 saturated heterocycles. The van der Waals surface area contributed by atoms with Crippen molar-refractivity contribution in [2.45, 2.75) is 53.5 Å². The highest BCUT2D eigenvalue weighted by molar-refractivity contribution is 7.10. The largest absolute Gasteiger partial charge is 0.349 e. The van der Waals surface area contributed by atoms with Gasteiger partial charge in [-0.25, -0.2) is 9.67 Å². The van der Waals surface area contributed by atoms with Gasteiger partial charge in [0, 0.05) is 22.4 Å². The Labute approximate surface area is 187 Å². The molecule has 0 saturated carbocycles. The van der Waals surface area contributed by atoms with E-state index in [1.54, 1.807) is 11.3 Å². The monoisotopic (exact) mass is 432 g/mol. The average Bonchev–Trinajstić information content (AvgIpc) is 3.37. The molecule has 0 bridgehead atoms. The van der Waals surface area contributed by atoms with Gasteiger partial charge in [-0.3, -0.25) is 4.79 Å². The number of rotatable bonds is 6. The zero-order valence-electron chi connectivity index (χ0n) is 18.7. The molecule has 5 nitrogen and oxygen atoms in total. The number of nitrogens with zero attached hydrogens (tertiary/aromatic N) is 3. The Morgan fingerprint density at radius 3 is 2.52 bits per heavy atom. The summed E-state index contributed by atoms with van der Waals surface area (Å²) in [5.41, 5.74) is 7.30. The first-order valence-electron chi connectivity index (χ1n) is 10.6. The maximum Gasteiger partial charge on any atom is 0.220 e. The Balaban J connectivity index is 1.58. The molecule has 1 aromatic carbocycles. The normalized spacial score (nSPS) is 12.3. The number of hydrogen-bond donors (Lipinski definition) is 1. The predicted octanol–water partition coefficient (Wildman–Crippen LogP) is 5.53. The average molecular weight is 433 g/mol. The molecular formula is C25H28N4OS. The van der Waals surface area contributed by atoms with Gasteiger partial charge in [0.2, 0.25) is 5.91 Å². The van der Waals surface area contributed by atoms with Crippen molar-refractivity contribution in [3.8, 4) is 5.69 Å². The molecule has 0 aliphatic carbocycles. The van der Waals surface area contributed by atoms with Crippen LogP contribution in [0.3, 0.4) is 0 Å². The minimum Gasteiger partial charge on any atom is -0.349 e. The lowest BCUT2D eigenvalue weighted by Crippen LogP contribution is -2.26. The number of amides is 1. The summed E-state index contributed by atoms with van der Waals surface area (Å²) >= 11 is 1.66. The summed E-state index contributed by atoms with van der Waals surface area (Å²) in [6.07, 6.45) is 1.11. The van der Waals surface area contributed by atoms with Crippen LogP contribution in [0, 0.1) is 27.7 Å². The van der Waals surface area contributed by atoms with E-state index in [-0.39, 0.29) is 11.9 Å². The van der Waals surface area contributed by atoms with Crippen molar-refractivity contribution in [3.05, 3.63) is 74.7 Å². The molecule has 1 N–H and O–H groups in total. The molecule has 0 aliphatic rings. The Hall–Kier alpha value is -2.99. The molecule has 4 aromatic rings. The van der Waals surface area contributed by atoms with Crippen molar-refractivity contribution in [1.29, 1.82) is 0 Å². The van der Waals surface area contributed by atoms with Crippen LogP contribution in [-0.4, -0.2) is 20.7 Å². The lowest BCUT2D eigenvalue weighted by Gasteiger charge is -2.14. The molecule has 0 spiro atoms. The van der Waals surface area contributed by atoms with Crippen LogP contribution in [-0.2, 0) is 11.2 Å². The molecule has 3 aromatic heterocycles. The maximum absolute atomic E-state index is 12.5. The van der Waals surface area contributed by atoms with Gasteiger partial charge in [0.25, 0.3) is 0 Å². The topological polar surface area (TPSA) is 59.8 Å². The molecule has 0 radical (unpaired) electrons. The molecule has 1 amide bonds. The minimum absolute atomic E-state index is 0.0327. The highest BCUT2D eigenvalue weighted by Crippen LogP contribution is 2.28. The molecule has 0 unspecified atom stereocenters. The first-order valence-corrected chi connectivity index (χ1v) is 11.5. The zero-order valence-corrected chi connectivity index (χ0v) is 19.5. The summed E-state index contributed by atoms with van der Waals surface area (Å²) in [5, 5.41) is 11.0. The van der Waals surface area contributed by atoms with E-state index in [1.165, 1.54) is 10.4 Å². The standard InChI is InChI=1S/C25H28N4OS/c1-15-8-10-20(11-9-15)29-25-24(19(5)28-29)16(2)21(17(3)27-25)12-13-23(30)26-18(4)22-7-6-14-31-22/h6-11,14,18H,12-13H2,1-5H3,(H,26,30)/t18-/m0/s1. The van der Waals surface area contributed by atoms with Crippen LogP contribution < -0.4 is 5.32 Å². The summed E-state index contributed by atoms with van der Waals surface area (Å²) in [5.74, 6) is 0.0619. The number of hydrogen-bond acceptors (Lipinski definition) is 4. The second kappa shape index (κ2) is 8.63. The van der Waals surface area contributed by atoms with E-state index < -0.39 is 0 Å². The van der Waals surface area contributed by atoms with E-state index in [2.05, 4.69) is 49.5 Å². The quantitative estimate of drug-likeness (QED) is 0.436. The molecule has 4 rings (SSSR count). The van der Waals surface area contributed by atoms with E-state index in [9.17, 15) is 4.79 Å². The zero-order chi connectivity index (χ0) is 22.1. The van der Waals surface area contributed by atoms with Gasteiger partial charge in [-0.15, -0.1) is 11.3 Å². The molecule has 160 valence electrons. The van der Waals surface area contributed by atoms with Crippen LogP contribution in [0.1, 0.15) is 52.3 Å². The fraction of sp³-hybridized carbons (Fsp3) is 0.320. The number of thiophene rings is 1. The fourth-order valence-electron chi connectivity index (χ4n) is 4.10. The van der Waals surface area contributed by atoms with Crippen LogP contribution >= 0.6 is 11.3 Å². The molecular weight excluding hydrogens is 404 g/mol. The second-order valence-electron chi connectivity index (χ2n) is 8.14. The summed E-state index contributed by atoms with van der Waals surface area (Å²) in [4.78, 5) is 18.6. The van der Waals surface area contributed by atoms with Crippen LogP contribution in [0.2, 0.25) is 0 Å². The van der Waals surface area contributed by atoms with Crippen molar-refractivity contribution in [1.82, 2.24) is 20.1 Å². The summed E-state index contributed by atoms with van der Waals surface area (Å²) in [7, 11) is 0. The van der Waals surface area contributed by atoms with Gasteiger partial charge in [0.15, 0.2) is 5.65 Å². The Morgan fingerprint density at radius 2 is 1.84 bits per heavy atom. The predicted molar refractivity (Wildman–Crippen MR) is 127 cm³/mol. The van der Waals surface area contributed by atoms with Crippen LogP contribution in [0.4, 0.5) is 0 Å². The van der Waals surface area contributed by atoms with E-state index in [0.29, 0.717) is 12.8 Å². The van der Waals surface area contributed by atoms with Crippen LogP contribution in [0.25, 0.3) is 16.7 Å². The van der Waals surface area contributed by atoms with Gasteiger partial charge in [-0.05, 0) is 75.7 Å². The SMILES string of the molecule is Cc1ccc(-n2nc(C)c3c(C)c(CCC(=O)N[C@@H](C)c4cccs4)c(C)nc32)cc1. The Morgan fingerprint density at radius 1 is 1.10 bits per heavy atom. The van der Waals surface area contributed by atoms with Crippen molar-refractivity contribution in [3.63, 3.8) is 0 Å². The summed E-state index contributed by atoms with van der Waals surface area (Å²) in [6.45, 7) is 10.3.